The second-order valence-electron chi connectivity index (χ2n) is 6.36. The number of hydrogen-bond acceptors (Lipinski definition) is 2. The Hall–Kier alpha value is -0.360. The van der Waals surface area contributed by atoms with E-state index in [0.717, 1.165) is 10.1 Å². The van der Waals surface area contributed by atoms with E-state index in [1.807, 2.05) is 6.07 Å². The average Bonchev–Trinajstić information content (AvgIpc) is 2.44. The summed E-state index contributed by atoms with van der Waals surface area (Å²) in [7, 11) is 0. The lowest BCUT2D eigenvalue weighted by molar-refractivity contribution is 0.245. The minimum Gasteiger partial charge on any atom is -0.365 e. The van der Waals surface area contributed by atoms with Crippen molar-refractivity contribution in [2.24, 2.45) is 0 Å². The van der Waals surface area contributed by atoms with Crippen molar-refractivity contribution >= 4 is 28.3 Å². The zero-order valence-electron chi connectivity index (χ0n) is 12.6. The first-order valence-electron chi connectivity index (χ1n) is 8.15. The third kappa shape index (κ3) is 3.36. The van der Waals surface area contributed by atoms with Crippen LogP contribution >= 0.6 is 22.6 Å². The summed E-state index contributed by atoms with van der Waals surface area (Å²) < 4.78 is 14.4. The fourth-order valence-corrected chi connectivity index (χ4v) is 4.74. The van der Waals surface area contributed by atoms with E-state index in [1.54, 1.807) is 12.1 Å². The SMILES string of the molecule is CCCNC1CC2CCCC(C1)N2c1ccc(F)cc1I. The minimum atomic E-state index is -0.132. The molecule has 2 unspecified atom stereocenters. The summed E-state index contributed by atoms with van der Waals surface area (Å²) in [4.78, 5) is 2.59. The van der Waals surface area contributed by atoms with Gasteiger partial charge in [-0.25, -0.2) is 4.39 Å². The Balaban J connectivity index is 1.80. The Morgan fingerprint density at radius 1 is 1.29 bits per heavy atom. The summed E-state index contributed by atoms with van der Waals surface area (Å²) in [6, 6.07) is 7.13. The molecule has 0 aliphatic carbocycles. The normalized spacial score (nSPS) is 28.7. The second kappa shape index (κ2) is 6.82. The van der Waals surface area contributed by atoms with Crippen LogP contribution in [0.2, 0.25) is 0 Å². The van der Waals surface area contributed by atoms with Gasteiger partial charge in [0.1, 0.15) is 5.82 Å². The summed E-state index contributed by atoms with van der Waals surface area (Å²) in [5.41, 5.74) is 1.24. The van der Waals surface area contributed by atoms with Gasteiger partial charge in [0.05, 0.1) is 5.69 Å². The average molecular weight is 402 g/mol. The van der Waals surface area contributed by atoms with E-state index >= 15 is 0 Å². The predicted octanol–water partition coefficient (Wildman–Crippen LogP) is 4.32. The highest BCUT2D eigenvalue weighted by atomic mass is 127. The van der Waals surface area contributed by atoms with Gasteiger partial charge in [-0.1, -0.05) is 6.92 Å². The first kappa shape index (κ1) is 15.5. The standard InChI is InChI=1S/C17H24FIN2/c1-2-8-20-13-10-14-4-3-5-15(11-13)21(14)17-7-6-12(18)9-16(17)19/h6-7,9,13-15,20H,2-5,8,10-11H2,1H3. The van der Waals surface area contributed by atoms with Gasteiger partial charge in [0.25, 0.3) is 0 Å². The topological polar surface area (TPSA) is 15.3 Å². The molecule has 1 aromatic carbocycles. The monoisotopic (exact) mass is 402 g/mol. The maximum Gasteiger partial charge on any atom is 0.124 e. The van der Waals surface area contributed by atoms with E-state index in [-0.39, 0.29) is 5.82 Å². The van der Waals surface area contributed by atoms with Crippen molar-refractivity contribution in [3.05, 3.63) is 27.6 Å². The number of piperidine rings is 2. The van der Waals surface area contributed by atoms with E-state index in [9.17, 15) is 4.39 Å². The summed E-state index contributed by atoms with van der Waals surface area (Å²) in [5, 5.41) is 3.71. The third-order valence-corrected chi connectivity index (χ3v) is 5.71. The molecule has 0 spiro atoms. The number of anilines is 1. The zero-order chi connectivity index (χ0) is 14.8. The molecular formula is C17H24FIN2. The molecule has 0 aromatic heterocycles. The summed E-state index contributed by atoms with van der Waals surface area (Å²) >= 11 is 2.28. The maximum absolute atomic E-state index is 13.4. The number of nitrogens with zero attached hydrogens (tertiary/aromatic N) is 1. The molecule has 2 aliphatic heterocycles. The van der Waals surface area contributed by atoms with E-state index in [4.69, 9.17) is 0 Å². The van der Waals surface area contributed by atoms with Crippen molar-refractivity contribution in [3.63, 3.8) is 0 Å². The number of benzene rings is 1. The molecule has 0 amide bonds. The van der Waals surface area contributed by atoms with Crippen LogP contribution in [-0.2, 0) is 0 Å². The highest BCUT2D eigenvalue weighted by Crippen LogP contribution is 2.39. The first-order valence-corrected chi connectivity index (χ1v) is 9.23. The van der Waals surface area contributed by atoms with E-state index in [0.29, 0.717) is 18.1 Å². The predicted molar refractivity (Wildman–Crippen MR) is 94.3 cm³/mol. The van der Waals surface area contributed by atoms with Gasteiger partial charge in [-0.05, 0) is 85.9 Å². The Morgan fingerprint density at radius 2 is 2.00 bits per heavy atom. The lowest BCUT2D eigenvalue weighted by Gasteiger charge is -2.50. The van der Waals surface area contributed by atoms with Gasteiger partial charge < -0.3 is 10.2 Å². The summed E-state index contributed by atoms with van der Waals surface area (Å²) in [6.45, 7) is 3.35. The van der Waals surface area contributed by atoms with Crippen molar-refractivity contribution in [1.29, 1.82) is 0 Å². The number of fused-ring (bicyclic) bond motifs is 2. The van der Waals surface area contributed by atoms with Crippen LogP contribution in [0.25, 0.3) is 0 Å². The summed E-state index contributed by atoms with van der Waals surface area (Å²) in [6.07, 6.45) is 7.53. The fourth-order valence-electron chi connectivity index (χ4n) is 3.98. The number of nitrogens with one attached hydrogen (secondary N) is 1. The molecule has 2 aliphatic rings. The van der Waals surface area contributed by atoms with Crippen molar-refractivity contribution in [2.75, 3.05) is 11.4 Å². The van der Waals surface area contributed by atoms with Crippen molar-refractivity contribution < 1.29 is 4.39 Å². The highest BCUT2D eigenvalue weighted by molar-refractivity contribution is 14.1. The fraction of sp³-hybridized carbons (Fsp3) is 0.647. The van der Waals surface area contributed by atoms with Crippen LogP contribution in [0.4, 0.5) is 10.1 Å². The quantitative estimate of drug-likeness (QED) is 0.755. The van der Waals surface area contributed by atoms with Gasteiger partial charge in [-0.15, -0.1) is 0 Å². The molecule has 4 heteroatoms. The van der Waals surface area contributed by atoms with Gasteiger partial charge in [-0.2, -0.15) is 0 Å². The molecule has 2 bridgehead atoms. The molecule has 1 N–H and O–H groups in total. The van der Waals surface area contributed by atoms with Crippen LogP contribution in [-0.4, -0.2) is 24.7 Å². The van der Waals surface area contributed by atoms with Crippen LogP contribution in [0, 0.1) is 9.39 Å². The van der Waals surface area contributed by atoms with Gasteiger partial charge in [0.2, 0.25) is 0 Å². The Labute approximate surface area is 140 Å². The smallest absolute Gasteiger partial charge is 0.124 e. The van der Waals surface area contributed by atoms with Gasteiger partial charge in [0.15, 0.2) is 0 Å². The molecule has 2 nitrogen and oxygen atoms in total. The number of hydrogen-bond donors (Lipinski definition) is 1. The second-order valence-corrected chi connectivity index (χ2v) is 7.53. The summed E-state index contributed by atoms with van der Waals surface area (Å²) in [5.74, 6) is -0.132. The van der Waals surface area contributed by atoms with Crippen LogP contribution in [0.3, 0.4) is 0 Å². The number of rotatable bonds is 4. The van der Waals surface area contributed by atoms with E-state index < -0.39 is 0 Å². The van der Waals surface area contributed by atoms with Crippen molar-refractivity contribution in [3.8, 4) is 0 Å². The van der Waals surface area contributed by atoms with E-state index in [1.165, 1.54) is 44.2 Å². The molecule has 2 heterocycles. The third-order valence-electron chi connectivity index (χ3n) is 4.85. The zero-order valence-corrected chi connectivity index (χ0v) is 14.8. The van der Waals surface area contributed by atoms with Crippen molar-refractivity contribution in [1.82, 2.24) is 5.32 Å². The molecule has 2 atom stereocenters. The largest absolute Gasteiger partial charge is 0.365 e. The Morgan fingerprint density at radius 3 is 2.62 bits per heavy atom. The van der Waals surface area contributed by atoms with Gasteiger partial charge in [0, 0.05) is 21.7 Å². The molecule has 116 valence electrons. The van der Waals surface area contributed by atoms with Crippen molar-refractivity contribution in [2.45, 2.75) is 63.6 Å². The highest BCUT2D eigenvalue weighted by Gasteiger charge is 2.38. The maximum atomic E-state index is 13.4. The van der Waals surface area contributed by atoms with Crippen LogP contribution in [0.15, 0.2) is 18.2 Å². The lowest BCUT2D eigenvalue weighted by Crippen LogP contribution is -2.56. The van der Waals surface area contributed by atoms with Crippen LogP contribution < -0.4 is 10.2 Å². The van der Waals surface area contributed by atoms with Gasteiger partial charge >= 0.3 is 0 Å². The Bertz CT molecular complexity index is 480. The van der Waals surface area contributed by atoms with E-state index in [2.05, 4.69) is 39.7 Å². The minimum absolute atomic E-state index is 0.132. The molecule has 0 saturated carbocycles. The van der Waals surface area contributed by atoms with Crippen LogP contribution in [0.5, 0.6) is 0 Å². The molecular weight excluding hydrogens is 378 g/mol. The van der Waals surface area contributed by atoms with Gasteiger partial charge in [-0.3, -0.25) is 0 Å². The molecule has 21 heavy (non-hydrogen) atoms. The first-order chi connectivity index (χ1) is 10.2. The molecule has 2 saturated heterocycles. The lowest BCUT2D eigenvalue weighted by atomic mass is 9.81. The molecule has 2 fully saturated rings. The molecule has 1 aromatic rings. The Kier molecular flexibility index (Phi) is 5.04. The number of halogens is 2. The molecule has 3 rings (SSSR count). The van der Waals surface area contributed by atoms with Crippen LogP contribution in [0.1, 0.15) is 45.4 Å². The molecule has 0 radical (unpaired) electrons.